The minimum Gasteiger partial charge on any atom is -0.0911 e. The second-order valence-electron chi connectivity index (χ2n) is 3.47. The molecule has 0 aromatic rings. The molecule has 0 saturated carbocycles. The fourth-order valence-corrected chi connectivity index (χ4v) is 1.12. The first-order valence-electron chi connectivity index (χ1n) is 4.39. The lowest BCUT2D eigenvalue weighted by Gasteiger charge is -2.07. The number of rotatable bonds is 3. The third-order valence-electron chi connectivity index (χ3n) is 1.80. The van der Waals surface area contributed by atoms with E-state index in [9.17, 15) is 0 Å². The average Bonchev–Trinajstić information content (AvgIpc) is 1.86. The van der Waals surface area contributed by atoms with E-state index < -0.39 is 0 Å². The predicted octanol–water partition coefficient (Wildman–Crippen LogP) is 3.80. The van der Waals surface area contributed by atoms with Gasteiger partial charge in [-0.2, -0.15) is 0 Å². The van der Waals surface area contributed by atoms with Crippen LogP contribution in [0.2, 0.25) is 0 Å². The van der Waals surface area contributed by atoms with Gasteiger partial charge in [-0.05, 0) is 25.7 Å². The van der Waals surface area contributed by atoms with E-state index in [-0.39, 0.29) is 0 Å². The normalized spacial score (nSPS) is 16.4. The van der Waals surface area contributed by atoms with Gasteiger partial charge in [-0.1, -0.05) is 44.6 Å². The van der Waals surface area contributed by atoms with Crippen molar-refractivity contribution in [3.63, 3.8) is 0 Å². The van der Waals surface area contributed by atoms with E-state index in [1.165, 1.54) is 5.57 Å². The zero-order valence-corrected chi connectivity index (χ0v) is 8.39. The molecule has 64 valence electrons. The van der Waals surface area contributed by atoms with Crippen LogP contribution in [0.3, 0.4) is 0 Å². The maximum absolute atomic E-state index is 2.32. The molecular formula is C11H20. The summed E-state index contributed by atoms with van der Waals surface area (Å²) in [5.41, 5.74) is 1.47. The Hall–Kier alpha value is -0.520. The van der Waals surface area contributed by atoms with Crippen molar-refractivity contribution in [3.05, 3.63) is 23.8 Å². The quantitative estimate of drug-likeness (QED) is 0.539. The van der Waals surface area contributed by atoms with Crippen molar-refractivity contribution < 1.29 is 0 Å². The zero-order chi connectivity index (χ0) is 8.85. The maximum Gasteiger partial charge on any atom is -0.00544 e. The van der Waals surface area contributed by atoms with Crippen LogP contribution in [0.15, 0.2) is 23.8 Å². The highest BCUT2D eigenvalue weighted by Crippen LogP contribution is 2.13. The molecule has 0 amide bonds. The van der Waals surface area contributed by atoms with Gasteiger partial charge < -0.3 is 0 Å². The third-order valence-corrected chi connectivity index (χ3v) is 1.80. The van der Waals surface area contributed by atoms with Gasteiger partial charge in [-0.15, -0.1) is 0 Å². The van der Waals surface area contributed by atoms with Gasteiger partial charge in [0.2, 0.25) is 0 Å². The average molecular weight is 152 g/mol. The van der Waals surface area contributed by atoms with Crippen LogP contribution < -0.4 is 0 Å². The molecule has 1 unspecified atom stereocenters. The molecule has 11 heavy (non-hydrogen) atoms. The number of allylic oxidation sites excluding steroid dienone is 4. The van der Waals surface area contributed by atoms with Crippen molar-refractivity contribution in [1.29, 1.82) is 0 Å². The van der Waals surface area contributed by atoms with Gasteiger partial charge in [0.05, 0.1) is 0 Å². The van der Waals surface area contributed by atoms with Crippen LogP contribution in [0.25, 0.3) is 0 Å². The first-order valence-corrected chi connectivity index (χ1v) is 4.39. The van der Waals surface area contributed by atoms with E-state index in [0.29, 0.717) is 11.8 Å². The van der Waals surface area contributed by atoms with Crippen LogP contribution in [0.5, 0.6) is 0 Å². The van der Waals surface area contributed by atoms with Crippen molar-refractivity contribution >= 4 is 0 Å². The molecule has 0 bridgehead atoms. The van der Waals surface area contributed by atoms with Crippen molar-refractivity contribution in [3.8, 4) is 0 Å². The smallest absolute Gasteiger partial charge is 0.00544 e. The Labute approximate surface area is 71.0 Å². The van der Waals surface area contributed by atoms with Gasteiger partial charge >= 0.3 is 0 Å². The number of hydrogen-bond donors (Lipinski definition) is 0. The molecule has 0 heteroatoms. The molecule has 0 aromatic heterocycles. The highest BCUT2D eigenvalue weighted by atomic mass is 14.0. The largest absolute Gasteiger partial charge is 0.0911 e. The van der Waals surface area contributed by atoms with Crippen LogP contribution in [-0.2, 0) is 0 Å². The summed E-state index contributed by atoms with van der Waals surface area (Å²) in [6, 6.07) is 0. The molecule has 1 atom stereocenters. The number of hydrogen-bond acceptors (Lipinski definition) is 0. The van der Waals surface area contributed by atoms with E-state index in [2.05, 4.69) is 52.8 Å². The summed E-state index contributed by atoms with van der Waals surface area (Å²) in [7, 11) is 0. The minimum atomic E-state index is 0.599. The summed E-state index contributed by atoms with van der Waals surface area (Å²) < 4.78 is 0. The van der Waals surface area contributed by atoms with Crippen molar-refractivity contribution in [2.24, 2.45) is 11.8 Å². The molecule has 0 heterocycles. The molecule has 0 rings (SSSR count). The van der Waals surface area contributed by atoms with Crippen LogP contribution in [0, 0.1) is 11.8 Å². The summed E-state index contributed by atoms with van der Waals surface area (Å²) >= 11 is 0. The Kier molecular flexibility index (Phi) is 4.93. The van der Waals surface area contributed by atoms with Gasteiger partial charge in [0.1, 0.15) is 0 Å². The van der Waals surface area contributed by atoms with Crippen LogP contribution in [0.4, 0.5) is 0 Å². The van der Waals surface area contributed by atoms with Crippen molar-refractivity contribution in [2.45, 2.75) is 34.6 Å². The van der Waals surface area contributed by atoms with Gasteiger partial charge in [0.25, 0.3) is 0 Å². The lowest BCUT2D eigenvalue weighted by atomic mass is 9.99. The van der Waals surface area contributed by atoms with Crippen molar-refractivity contribution in [1.82, 2.24) is 0 Å². The summed E-state index contributed by atoms with van der Waals surface area (Å²) in [5, 5.41) is 0. The Morgan fingerprint density at radius 1 is 1.18 bits per heavy atom. The molecule has 0 aliphatic rings. The van der Waals surface area contributed by atoms with Crippen LogP contribution >= 0.6 is 0 Å². The summed E-state index contributed by atoms with van der Waals surface area (Å²) in [6.07, 6.45) is 6.67. The lowest BCUT2D eigenvalue weighted by molar-refractivity contribution is 0.777. The first-order chi connectivity index (χ1) is 5.07. The second-order valence-corrected chi connectivity index (χ2v) is 3.47. The molecular weight excluding hydrogens is 132 g/mol. The summed E-state index contributed by atoms with van der Waals surface area (Å²) in [4.78, 5) is 0. The van der Waals surface area contributed by atoms with E-state index in [4.69, 9.17) is 0 Å². The van der Waals surface area contributed by atoms with E-state index in [0.717, 1.165) is 0 Å². The SMILES string of the molecule is CC=CC(C)C(C)=CC(C)C. The molecule has 0 aliphatic heterocycles. The summed E-state index contributed by atoms with van der Waals surface area (Å²) in [5.74, 6) is 1.27. The van der Waals surface area contributed by atoms with Gasteiger partial charge in [0, 0.05) is 0 Å². The van der Waals surface area contributed by atoms with Gasteiger partial charge in [-0.3, -0.25) is 0 Å². The van der Waals surface area contributed by atoms with Crippen LogP contribution in [-0.4, -0.2) is 0 Å². The standard InChI is InChI=1S/C11H20/c1-6-7-10(4)11(5)8-9(2)3/h6-10H,1-5H3. The Morgan fingerprint density at radius 2 is 1.73 bits per heavy atom. The second kappa shape index (κ2) is 5.17. The van der Waals surface area contributed by atoms with E-state index in [1.807, 2.05) is 0 Å². The van der Waals surface area contributed by atoms with Crippen molar-refractivity contribution in [2.75, 3.05) is 0 Å². The molecule has 0 radical (unpaired) electrons. The van der Waals surface area contributed by atoms with Gasteiger partial charge in [0.15, 0.2) is 0 Å². The fraction of sp³-hybridized carbons (Fsp3) is 0.636. The molecule has 0 aliphatic carbocycles. The molecule has 0 fully saturated rings. The molecule has 0 saturated heterocycles. The molecule has 0 spiro atoms. The monoisotopic (exact) mass is 152 g/mol. The van der Waals surface area contributed by atoms with Crippen LogP contribution in [0.1, 0.15) is 34.6 Å². The third kappa shape index (κ3) is 4.83. The topological polar surface area (TPSA) is 0 Å². The Balaban J connectivity index is 4.11. The van der Waals surface area contributed by atoms with E-state index >= 15 is 0 Å². The molecule has 0 aromatic carbocycles. The van der Waals surface area contributed by atoms with Gasteiger partial charge in [-0.25, -0.2) is 0 Å². The summed E-state index contributed by atoms with van der Waals surface area (Å²) in [6.45, 7) is 10.9. The molecule has 0 nitrogen and oxygen atoms in total. The Bertz CT molecular complexity index is 149. The molecule has 0 N–H and O–H groups in total. The highest BCUT2D eigenvalue weighted by Gasteiger charge is 1.98. The Morgan fingerprint density at radius 3 is 2.09 bits per heavy atom. The highest BCUT2D eigenvalue weighted by molar-refractivity contribution is 5.09. The zero-order valence-electron chi connectivity index (χ0n) is 8.39. The maximum atomic E-state index is 2.32. The fourth-order valence-electron chi connectivity index (χ4n) is 1.12. The van der Waals surface area contributed by atoms with E-state index in [1.54, 1.807) is 0 Å². The first kappa shape index (κ1) is 10.5. The lowest BCUT2D eigenvalue weighted by Crippen LogP contribution is -1.93. The predicted molar refractivity (Wildman–Crippen MR) is 52.6 cm³/mol. The minimum absolute atomic E-state index is 0.599.